The van der Waals surface area contributed by atoms with Crippen LogP contribution in [0, 0.1) is 16.5 Å². The van der Waals surface area contributed by atoms with Gasteiger partial charge in [-0.3, -0.25) is 4.79 Å². The second-order valence-electron chi connectivity index (χ2n) is 8.32. The van der Waals surface area contributed by atoms with Crippen LogP contribution in [0.4, 0.5) is 0 Å². The van der Waals surface area contributed by atoms with E-state index in [1.807, 2.05) is 54.6 Å². The van der Waals surface area contributed by atoms with Gasteiger partial charge in [0.25, 0.3) is 0 Å². The Balaban J connectivity index is 1.89. The highest BCUT2D eigenvalue weighted by atomic mass is 79.9. The lowest BCUT2D eigenvalue weighted by molar-refractivity contribution is -0.579. The van der Waals surface area contributed by atoms with E-state index in [1.54, 1.807) is 48.5 Å². The third kappa shape index (κ3) is 4.84. The lowest BCUT2D eigenvalue weighted by Gasteiger charge is -2.17. The number of pyridine rings is 1. The summed E-state index contributed by atoms with van der Waals surface area (Å²) in [5.74, 6) is -0.250. The number of nitriles is 1. The van der Waals surface area contributed by atoms with Crippen LogP contribution in [0.25, 0.3) is 27.6 Å². The minimum Gasteiger partial charge on any atom is -0.618 e. The van der Waals surface area contributed by atoms with E-state index >= 15 is 0 Å². The number of rotatable bonds is 5. The molecule has 5 rings (SSSR count). The van der Waals surface area contributed by atoms with Crippen molar-refractivity contribution in [2.75, 3.05) is 0 Å². The molecule has 0 radical (unpaired) electrons. The van der Waals surface area contributed by atoms with E-state index < -0.39 is 0 Å². The van der Waals surface area contributed by atoms with Crippen LogP contribution in [-0.2, 0) is 0 Å². The molecule has 4 aromatic carbocycles. The van der Waals surface area contributed by atoms with Gasteiger partial charge in [-0.1, -0.05) is 86.5 Å². The number of nitrogens with zero attached hydrogens (tertiary/aromatic N) is 2. The van der Waals surface area contributed by atoms with Crippen molar-refractivity contribution >= 4 is 54.1 Å². The van der Waals surface area contributed by atoms with Crippen LogP contribution in [-0.4, -0.2) is 5.78 Å². The highest BCUT2D eigenvalue weighted by Crippen LogP contribution is 2.37. The van der Waals surface area contributed by atoms with Gasteiger partial charge in [0.2, 0.25) is 11.2 Å². The fourth-order valence-electron chi connectivity index (χ4n) is 4.33. The van der Waals surface area contributed by atoms with Gasteiger partial charge >= 0.3 is 0 Å². The summed E-state index contributed by atoms with van der Waals surface area (Å²) < 4.78 is 2.57. The summed E-state index contributed by atoms with van der Waals surface area (Å²) in [7, 11) is 0. The normalized spacial score (nSPS) is 11.3. The fraction of sp³-hybridized carbons (Fsp3) is 0. The monoisotopic (exact) mass is 608 g/mol. The number of allylic oxidation sites excluding steroid dienone is 1. The summed E-state index contributed by atoms with van der Waals surface area (Å²) >= 11 is 6.87. The largest absolute Gasteiger partial charge is 0.618 e. The Morgan fingerprint density at radius 2 is 1.38 bits per heavy atom. The molecule has 0 saturated heterocycles. The molecule has 37 heavy (non-hydrogen) atoms. The zero-order valence-corrected chi connectivity index (χ0v) is 22.5. The Kier molecular flexibility index (Phi) is 7.00. The van der Waals surface area contributed by atoms with Gasteiger partial charge in [-0.15, -0.1) is 0 Å². The van der Waals surface area contributed by atoms with Crippen LogP contribution in [0.3, 0.4) is 0 Å². The van der Waals surface area contributed by atoms with Crippen molar-refractivity contribution < 1.29 is 9.52 Å². The quantitative estimate of drug-likeness (QED) is 0.0882. The second-order valence-corrected chi connectivity index (χ2v) is 10.2. The third-order valence-electron chi connectivity index (χ3n) is 6.07. The number of halogens is 2. The van der Waals surface area contributed by atoms with Gasteiger partial charge < -0.3 is 5.21 Å². The molecular weight excluding hydrogens is 592 g/mol. The van der Waals surface area contributed by atoms with Crippen molar-refractivity contribution in [3.05, 3.63) is 146 Å². The first-order valence-electron chi connectivity index (χ1n) is 11.4. The van der Waals surface area contributed by atoms with Crippen molar-refractivity contribution in [2.24, 2.45) is 0 Å². The predicted molar refractivity (Wildman–Crippen MR) is 153 cm³/mol. The number of benzene rings is 4. The molecule has 0 aliphatic carbocycles. The molecular formula is C31H18Br2N2O2. The van der Waals surface area contributed by atoms with Crippen LogP contribution in [0.5, 0.6) is 0 Å². The van der Waals surface area contributed by atoms with E-state index in [4.69, 9.17) is 0 Å². The zero-order valence-electron chi connectivity index (χ0n) is 19.4. The standard InChI is InChI=1S/C31H18Br2N2O2/c32-23-14-10-21(11-15-23)29(36)18-26(20-6-2-1-3-7-20)31-30(22-12-16-24(33)17-13-22)27(19-34)25-8-4-5-9-28(25)35(31)37/h1-18H/b26-18-. The molecule has 0 amide bonds. The SMILES string of the molecule is N#Cc1c(-c2ccc(Br)cc2)c(/C(=C\C(=O)c2ccc(Br)cc2)c2ccccc2)[n+]([O-])c2ccccc12. The number of para-hydroxylation sites is 1. The van der Waals surface area contributed by atoms with E-state index in [0.29, 0.717) is 44.3 Å². The third-order valence-corrected chi connectivity index (χ3v) is 7.13. The minimum atomic E-state index is -0.250. The summed E-state index contributed by atoms with van der Waals surface area (Å²) in [5.41, 5.74) is 3.75. The van der Waals surface area contributed by atoms with Gasteiger partial charge in [-0.05, 0) is 53.6 Å². The molecule has 4 nitrogen and oxygen atoms in total. The molecule has 0 spiro atoms. The Morgan fingerprint density at radius 1 is 0.784 bits per heavy atom. The maximum Gasteiger partial charge on any atom is 0.234 e. The van der Waals surface area contributed by atoms with Gasteiger partial charge in [0, 0.05) is 26.7 Å². The van der Waals surface area contributed by atoms with Gasteiger partial charge in [0.1, 0.15) is 6.07 Å². The smallest absolute Gasteiger partial charge is 0.234 e. The van der Waals surface area contributed by atoms with Gasteiger partial charge in [0.15, 0.2) is 5.78 Å². The Bertz CT molecular complexity index is 1700. The van der Waals surface area contributed by atoms with Crippen LogP contribution in [0.15, 0.2) is 118 Å². The summed E-state index contributed by atoms with van der Waals surface area (Å²) in [5, 5.41) is 24.9. The molecule has 178 valence electrons. The molecule has 0 unspecified atom stereocenters. The van der Waals surface area contributed by atoms with Crippen molar-refractivity contribution in [3.63, 3.8) is 0 Å². The van der Waals surface area contributed by atoms with E-state index in [-0.39, 0.29) is 11.5 Å². The maximum absolute atomic E-state index is 14.1. The van der Waals surface area contributed by atoms with Crippen molar-refractivity contribution in [1.82, 2.24) is 0 Å². The summed E-state index contributed by atoms with van der Waals surface area (Å²) in [6.07, 6.45) is 1.49. The average molecular weight is 610 g/mol. The van der Waals surface area contributed by atoms with Gasteiger partial charge in [0.05, 0.1) is 22.1 Å². The molecule has 5 aromatic rings. The highest BCUT2D eigenvalue weighted by Gasteiger charge is 2.29. The summed E-state index contributed by atoms with van der Waals surface area (Å²) in [6, 6.07) is 33.2. The number of aromatic nitrogens is 1. The minimum absolute atomic E-state index is 0.245. The first-order valence-corrected chi connectivity index (χ1v) is 13.0. The van der Waals surface area contributed by atoms with Crippen LogP contribution in [0.1, 0.15) is 27.2 Å². The first-order chi connectivity index (χ1) is 18.0. The molecule has 6 heteroatoms. The number of hydrogen-bond acceptors (Lipinski definition) is 3. The molecule has 0 atom stereocenters. The van der Waals surface area contributed by atoms with Crippen molar-refractivity contribution in [3.8, 4) is 17.2 Å². The van der Waals surface area contributed by atoms with Crippen LogP contribution < -0.4 is 4.73 Å². The number of carbonyl (C=O) groups excluding carboxylic acids is 1. The Labute approximate surface area is 231 Å². The summed E-state index contributed by atoms with van der Waals surface area (Å²) in [6.45, 7) is 0. The molecule has 0 N–H and O–H groups in total. The van der Waals surface area contributed by atoms with Crippen LogP contribution >= 0.6 is 31.9 Å². The second kappa shape index (κ2) is 10.5. The van der Waals surface area contributed by atoms with Gasteiger partial charge in [-0.2, -0.15) is 9.99 Å². The lowest BCUT2D eigenvalue weighted by atomic mass is 9.89. The zero-order chi connectivity index (χ0) is 25.9. The van der Waals surface area contributed by atoms with Gasteiger partial charge in [-0.25, -0.2) is 0 Å². The Hall–Kier alpha value is -4.05. The molecule has 1 heterocycles. The number of carbonyl (C=O) groups is 1. The highest BCUT2D eigenvalue weighted by molar-refractivity contribution is 9.10. The number of hydrogen-bond donors (Lipinski definition) is 0. The Morgan fingerprint density at radius 3 is 2.03 bits per heavy atom. The molecule has 0 aliphatic heterocycles. The molecule has 0 bridgehead atoms. The fourth-order valence-corrected chi connectivity index (χ4v) is 4.86. The van der Waals surface area contributed by atoms with Crippen LogP contribution in [0.2, 0.25) is 0 Å². The van der Waals surface area contributed by atoms with Crippen molar-refractivity contribution in [2.45, 2.75) is 0 Å². The van der Waals surface area contributed by atoms with E-state index in [0.717, 1.165) is 13.7 Å². The maximum atomic E-state index is 14.1. The topological polar surface area (TPSA) is 67.8 Å². The molecule has 1 aromatic heterocycles. The number of fused-ring (bicyclic) bond motifs is 1. The van der Waals surface area contributed by atoms with E-state index in [9.17, 15) is 15.3 Å². The van der Waals surface area contributed by atoms with Crippen molar-refractivity contribution in [1.29, 1.82) is 5.26 Å². The summed E-state index contributed by atoms with van der Waals surface area (Å²) in [4.78, 5) is 13.5. The lowest BCUT2D eigenvalue weighted by Crippen LogP contribution is -2.34. The first kappa shape index (κ1) is 24.6. The average Bonchev–Trinajstić information content (AvgIpc) is 2.93. The van der Waals surface area contributed by atoms with E-state index in [2.05, 4.69) is 37.9 Å². The number of ketones is 1. The predicted octanol–water partition coefficient (Wildman–Crippen LogP) is 7.85. The van der Waals surface area contributed by atoms with E-state index in [1.165, 1.54) is 6.08 Å². The molecule has 0 fully saturated rings. The molecule has 0 saturated carbocycles. The molecule has 0 aliphatic rings.